The van der Waals surface area contributed by atoms with Crippen LogP contribution in [0.15, 0.2) is 53.3 Å². The number of methoxy groups -OCH3 is 2. The van der Waals surface area contributed by atoms with Crippen LogP contribution in [0, 0.1) is 11.8 Å². The summed E-state index contributed by atoms with van der Waals surface area (Å²) < 4.78 is 12.9. The zero-order chi connectivity index (χ0) is 26.8. The second kappa shape index (κ2) is 11.4. The molecule has 0 amide bonds. The lowest BCUT2D eigenvalue weighted by molar-refractivity contribution is 0.245. The first-order valence-electron chi connectivity index (χ1n) is 13.0. The normalized spacial score (nSPS) is 19.7. The van der Waals surface area contributed by atoms with Gasteiger partial charge in [-0.2, -0.15) is 0 Å². The van der Waals surface area contributed by atoms with Crippen molar-refractivity contribution < 1.29 is 9.47 Å². The number of nitrogens with two attached hydrogens (primary N) is 1. The van der Waals surface area contributed by atoms with E-state index in [4.69, 9.17) is 44.0 Å². The van der Waals surface area contributed by atoms with Gasteiger partial charge in [-0.15, -0.1) is 0 Å². The molecule has 2 N–H and O–H groups in total. The molecular formula is C30H32ClN3O3S. The summed E-state index contributed by atoms with van der Waals surface area (Å²) in [5, 5.41) is 1.09. The summed E-state index contributed by atoms with van der Waals surface area (Å²) in [7, 11) is 3.27. The number of allylic oxidation sites excluding steroid dienone is 4. The number of rotatable bonds is 7. The highest BCUT2D eigenvalue weighted by atomic mass is 35.5. The van der Waals surface area contributed by atoms with Gasteiger partial charge in [-0.1, -0.05) is 36.3 Å². The largest absolute Gasteiger partial charge is 0.497 e. The molecule has 198 valence electrons. The Kier molecular flexibility index (Phi) is 7.98. The Morgan fingerprint density at radius 1 is 1.13 bits per heavy atom. The molecule has 1 aromatic heterocycles. The van der Waals surface area contributed by atoms with Crippen LogP contribution in [-0.4, -0.2) is 35.2 Å². The molecule has 2 aromatic carbocycles. The van der Waals surface area contributed by atoms with Crippen LogP contribution >= 0.6 is 23.8 Å². The van der Waals surface area contributed by atoms with Crippen molar-refractivity contribution in [3.63, 3.8) is 0 Å². The summed E-state index contributed by atoms with van der Waals surface area (Å²) in [4.78, 5) is 19.6. The van der Waals surface area contributed by atoms with Gasteiger partial charge < -0.3 is 15.2 Å². The number of halogens is 1. The maximum atomic E-state index is 13.9. The third-order valence-corrected chi connectivity index (χ3v) is 8.27. The Labute approximate surface area is 233 Å². The van der Waals surface area contributed by atoms with Crippen molar-refractivity contribution in [2.24, 2.45) is 17.6 Å². The van der Waals surface area contributed by atoms with E-state index in [1.807, 2.05) is 28.8 Å². The van der Waals surface area contributed by atoms with Crippen LogP contribution in [0.2, 0.25) is 5.02 Å². The van der Waals surface area contributed by atoms with Gasteiger partial charge in [0.2, 0.25) is 0 Å². The van der Waals surface area contributed by atoms with E-state index in [0.717, 1.165) is 47.3 Å². The number of ether oxygens (including phenoxy) is 2. The SMILES string of the molecule is COc1ccc(C2=CCC(=S)C(c3nc4cc(Cl)ccc4c(=O)n3CC3CCCC(CN)C3)=C2)c(OC)c1. The number of benzene rings is 2. The first kappa shape index (κ1) is 26.6. The summed E-state index contributed by atoms with van der Waals surface area (Å²) in [5.74, 6) is 2.85. The van der Waals surface area contributed by atoms with E-state index < -0.39 is 0 Å². The fraction of sp³-hybridized carbons (Fsp3) is 0.367. The van der Waals surface area contributed by atoms with E-state index in [0.29, 0.717) is 64.6 Å². The van der Waals surface area contributed by atoms with Crippen molar-refractivity contribution in [3.05, 3.63) is 75.3 Å². The summed E-state index contributed by atoms with van der Waals surface area (Å²) >= 11 is 12.1. The van der Waals surface area contributed by atoms with Crippen molar-refractivity contribution in [1.29, 1.82) is 0 Å². The quantitative estimate of drug-likeness (QED) is 0.360. The number of hydrogen-bond donors (Lipinski definition) is 1. The highest BCUT2D eigenvalue weighted by molar-refractivity contribution is 7.81. The second-order valence-corrected chi connectivity index (χ2v) is 11.0. The van der Waals surface area contributed by atoms with Gasteiger partial charge in [-0.3, -0.25) is 9.36 Å². The summed E-state index contributed by atoms with van der Waals surface area (Å²) in [6.45, 7) is 1.26. The summed E-state index contributed by atoms with van der Waals surface area (Å²) in [5.41, 5.74) is 9.17. The molecule has 2 atom stereocenters. The molecule has 0 spiro atoms. The molecule has 1 saturated carbocycles. The van der Waals surface area contributed by atoms with Crippen LogP contribution in [-0.2, 0) is 6.54 Å². The lowest BCUT2D eigenvalue weighted by Gasteiger charge is -2.30. The van der Waals surface area contributed by atoms with Gasteiger partial charge in [0.1, 0.15) is 17.3 Å². The molecule has 0 radical (unpaired) electrons. The smallest absolute Gasteiger partial charge is 0.261 e. The molecule has 2 aliphatic rings. The van der Waals surface area contributed by atoms with Crippen molar-refractivity contribution in [2.45, 2.75) is 38.6 Å². The third kappa shape index (κ3) is 5.28. The minimum absolute atomic E-state index is 0.0710. The molecule has 6 nitrogen and oxygen atoms in total. The van der Waals surface area contributed by atoms with Crippen LogP contribution in [0.4, 0.5) is 0 Å². The van der Waals surface area contributed by atoms with Gasteiger partial charge in [0.15, 0.2) is 0 Å². The maximum Gasteiger partial charge on any atom is 0.261 e. The number of thiocarbonyl (C=S) groups is 1. The van der Waals surface area contributed by atoms with Gasteiger partial charge in [0, 0.05) is 40.1 Å². The summed E-state index contributed by atoms with van der Waals surface area (Å²) in [6, 6.07) is 11.0. The van der Waals surface area contributed by atoms with E-state index in [1.54, 1.807) is 32.4 Å². The fourth-order valence-corrected chi connectivity index (χ4v) is 6.03. The van der Waals surface area contributed by atoms with Crippen LogP contribution in [0.5, 0.6) is 11.5 Å². The molecule has 0 saturated heterocycles. The average molecular weight is 550 g/mol. The van der Waals surface area contributed by atoms with Gasteiger partial charge in [-0.25, -0.2) is 4.98 Å². The zero-order valence-corrected chi connectivity index (χ0v) is 23.3. The summed E-state index contributed by atoms with van der Waals surface area (Å²) in [6.07, 6.45) is 9.03. The van der Waals surface area contributed by atoms with Crippen LogP contribution in [0.25, 0.3) is 22.0 Å². The van der Waals surface area contributed by atoms with Crippen molar-refractivity contribution in [3.8, 4) is 11.5 Å². The zero-order valence-electron chi connectivity index (χ0n) is 21.7. The van der Waals surface area contributed by atoms with E-state index in [1.165, 1.54) is 0 Å². The molecule has 0 aliphatic heterocycles. The molecule has 1 fully saturated rings. The molecular weight excluding hydrogens is 518 g/mol. The van der Waals surface area contributed by atoms with E-state index in [-0.39, 0.29) is 5.56 Å². The Balaban J connectivity index is 1.64. The van der Waals surface area contributed by atoms with E-state index in [2.05, 4.69) is 6.08 Å². The first-order valence-corrected chi connectivity index (χ1v) is 13.8. The Morgan fingerprint density at radius 2 is 1.95 bits per heavy atom. The number of nitrogens with zero attached hydrogens (tertiary/aromatic N) is 2. The molecule has 2 aliphatic carbocycles. The minimum Gasteiger partial charge on any atom is -0.497 e. The van der Waals surface area contributed by atoms with Gasteiger partial charge in [0.25, 0.3) is 5.56 Å². The van der Waals surface area contributed by atoms with Crippen molar-refractivity contribution >= 4 is 50.7 Å². The van der Waals surface area contributed by atoms with Crippen molar-refractivity contribution in [1.82, 2.24) is 9.55 Å². The lowest BCUT2D eigenvalue weighted by atomic mass is 9.81. The van der Waals surface area contributed by atoms with E-state index >= 15 is 0 Å². The lowest BCUT2D eigenvalue weighted by Crippen LogP contribution is -2.32. The molecule has 5 rings (SSSR count). The van der Waals surface area contributed by atoms with Crippen molar-refractivity contribution in [2.75, 3.05) is 20.8 Å². The topological polar surface area (TPSA) is 79.4 Å². The molecule has 38 heavy (non-hydrogen) atoms. The highest BCUT2D eigenvalue weighted by Gasteiger charge is 2.26. The molecule has 8 heteroatoms. The van der Waals surface area contributed by atoms with Crippen LogP contribution in [0.1, 0.15) is 43.5 Å². The molecule has 1 heterocycles. The van der Waals surface area contributed by atoms with Gasteiger partial charge in [-0.05, 0) is 79.6 Å². The second-order valence-electron chi connectivity index (χ2n) is 10.1. The Hall–Kier alpha value is -3.00. The minimum atomic E-state index is -0.0710. The standard InChI is InChI=1S/C30H32ClN3O3S/c1-36-22-8-10-23(27(15-22)37-2)20-6-11-28(38)25(13-20)29-33-26-14-21(31)7-9-24(26)30(35)34(29)17-19-5-3-4-18(12-19)16-32/h6-10,13-15,18-19H,3-5,11-12,16-17,32H2,1-2H3. The van der Waals surface area contributed by atoms with E-state index in [9.17, 15) is 4.79 Å². The monoisotopic (exact) mass is 549 g/mol. The number of hydrogen-bond acceptors (Lipinski definition) is 6. The predicted octanol–water partition coefficient (Wildman–Crippen LogP) is 6.07. The molecule has 3 aromatic rings. The average Bonchev–Trinajstić information content (AvgIpc) is 2.94. The Morgan fingerprint density at radius 3 is 2.71 bits per heavy atom. The van der Waals surface area contributed by atoms with Crippen LogP contribution in [0.3, 0.4) is 0 Å². The number of fused-ring (bicyclic) bond motifs is 1. The first-order chi connectivity index (χ1) is 18.4. The van der Waals surface area contributed by atoms with Gasteiger partial charge in [0.05, 0.1) is 25.1 Å². The predicted molar refractivity (Wildman–Crippen MR) is 158 cm³/mol. The molecule has 0 bridgehead atoms. The van der Waals surface area contributed by atoms with Gasteiger partial charge >= 0.3 is 0 Å². The fourth-order valence-electron chi connectivity index (χ4n) is 5.63. The maximum absolute atomic E-state index is 13.9. The molecule has 2 unspecified atom stereocenters. The Bertz CT molecular complexity index is 1510. The highest BCUT2D eigenvalue weighted by Crippen LogP contribution is 2.36. The third-order valence-electron chi connectivity index (χ3n) is 7.65. The number of aromatic nitrogens is 2. The van der Waals surface area contributed by atoms with Crippen LogP contribution < -0.4 is 20.8 Å².